The van der Waals surface area contributed by atoms with Crippen LogP contribution in [0.2, 0.25) is 5.02 Å². The molecule has 3 heterocycles. The lowest BCUT2D eigenvalue weighted by Crippen LogP contribution is -2.57. The maximum absolute atomic E-state index is 13.9. The van der Waals surface area contributed by atoms with E-state index >= 15 is 0 Å². The van der Waals surface area contributed by atoms with Gasteiger partial charge in [-0.1, -0.05) is 28.6 Å². The third kappa shape index (κ3) is 7.34. The predicted octanol–water partition coefficient (Wildman–Crippen LogP) is 3.90. The molecule has 0 aliphatic carbocycles. The Morgan fingerprint density at radius 1 is 1.00 bits per heavy atom. The largest absolute Gasteiger partial charge is 0.463 e. The van der Waals surface area contributed by atoms with Crippen molar-refractivity contribution in [2.75, 3.05) is 6.61 Å². The summed E-state index contributed by atoms with van der Waals surface area (Å²) in [6.07, 6.45) is 0.577. The minimum Gasteiger partial charge on any atom is -0.463 e. The van der Waals surface area contributed by atoms with Crippen molar-refractivity contribution in [3.63, 3.8) is 0 Å². The van der Waals surface area contributed by atoms with E-state index in [0.29, 0.717) is 9.92 Å². The van der Waals surface area contributed by atoms with Gasteiger partial charge >= 0.3 is 17.9 Å². The first-order valence-corrected chi connectivity index (χ1v) is 13.2. The van der Waals surface area contributed by atoms with Crippen LogP contribution in [-0.4, -0.2) is 68.2 Å². The van der Waals surface area contributed by atoms with Gasteiger partial charge in [0.15, 0.2) is 29.7 Å². The molecule has 1 aliphatic rings. The average molecular weight is 615 g/mol. The molecule has 5 atom stereocenters. The van der Waals surface area contributed by atoms with E-state index < -0.39 is 65.1 Å². The van der Waals surface area contributed by atoms with Crippen LogP contribution in [0.4, 0.5) is 13.2 Å². The fraction of sp³-hybridized carbons (Fsp3) is 0.360. The van der Waals surface area contributed by atoms with Gasteiger partial charge in [0.05, 0.1) is 11.2 Å². The molecule has 16 heteroatoms. The van der Waals surface area contributed by atoms with E-state index in [0.717, 1.165) is 37.7 Å². The Morgan fingerprint density at radius 2 is 1.66 bits per heavy atom. The second kappa shape index (κ2) is 12.9. The molecular formula is C25H22ClF3N4O7S. The summed E-state index contributed by atoms with van der Waals surface area (Å²) < 4.78 is 65.0. The van der Waals surface area contributed by atoms with Crippen molar-refractivity contribution in [3.8, 4) is 11.3 Å². The first kappa shape index (κ1) is 30.3. The van der Waals surface area contributed by atoms with E-state index in [4.69, 9.17) is 30.5 Å². The Hall–Kier alpha value is -3.69. The average Bonchev–Trinajstić information content (AvgIpc) is 3.37. The van der Waals surface area contributed by atoms with Crippen molar-refractivity contribution in [2.24, 2.45) is 0 Å². The first-order valence-electron chi connectivity index (χ1n) is 11.9. The van der Waals surface area contributed by atoms with Gasteiger partial charge in [-0.05, 0) is 18.2 Å². The van der Waals surface area contributed by atoms with Crippen molar-refractivity contribution in [1.29, 1.82) is 0 Å². The van der Waals surface area contributed by atoms with Gasteiger partial charge in [0, 0.05) is 43.6 Å². The molecule has 1 aromatic carbocycles. The number of thioether (sulfide) groups is 1. The van der Waals surface area contributed by atoms with Gasteiger partial charge in [-0.15, -0.1) is 5.10 Å². The number of pyridine rings is 1. The zero-order valence-corrected chi connectivity index (χ0v) is 23.2. The lowest BCUT2D eigenvalue weighted by Gasteiger charge is -2.44. The number of ether oxygens (including phenoxy) is 4. The second-order valence-electron chi connectivity index (χ2n) is 8.78. The van der Waals surface area contributed by atoms with Crippen molar-refractivity contribution >= 4 is 41.3 Å². The van der Waals surface area contributed by atoms with Crippen molar-refractivity contribution < 1.29 is 46.5 Å². The maximum Gasteiger partial charge on any atom is 0.303 e. The zero-order chi connectivity index (χ0) is 29.8. The summed E-state index contributed by atoms with van der Waals surface area (Å²) in [5, 5.41) is 8.29. The molecule has 0 amide bonds. The standard InChI is InChI=1S/C25H22ClF3N4O7S/c1-11(34)37-10-20-23(38-12(2)35)22(33-9-19(31-32-33)14-4-17(27)21(29)18(28)5-14)24(39-13(3)36)25(40-20)41-16-6-15(26)7-30-8-16/h4-9,20,22-25H,10H2,1-3H3/t20?,22-,23-,24?,25+/m0/s1. The van der Waals surface area contributed by atoms with Gasteiger partial charge in [0.2, 0.25) is 0 Å². The number of aromatic nitrogens is 4. The monoisotopic (exact) mass is 614 g/mol. The van der Waals surface area contributed by atoms with Crippen LogP contribution >= 0.6 is 23.4 Å². The Labute approximate surface area is 240 Å². The van der Waals surface area contributed by atoms with Gasteiger partial charge in [-0.2, -0.15) is 0 Å². The summed E-state index contributed by atoms with van der Waals surface area (Å²) >= 11 is 7.14. The van der Waals surface area contributed by atoms with E-state index in [9.17, 15) is 27.6 Å². The molecule has 1 aliphatic heterocycles. The molecule has 218 valence electrons. The minimum absolute atomic E-state index is 0.0720. The summed E-state index contributed by atoms with van der Waals surface area (Å²) in [5.74, 6) is -6.64. The van der Waals surface area contributed by atoms with Crippen LogP contribution in [0.25, 0.3) is 11.3 Å². The molecule has 2 aromatic heterocycles. The number of carbonyl (C=O) groups excluding carboxylic acids is 3. The van der Waals surface area contributed by atoms with Crippen molar-refractivity contribution in [3.05, 3.63) is 59.3 Å². The SMILES string of the molecule is CC(=O)OCC1O[C@H](Sc2cncc(Cl)c2)C(OC(C)=O)[C@@H](n2cc(-c3cc(F)c(F)c(F)c3)nn2)[C@H]1OC(C)=O. The lowest BCUT2D eigenvalue weighted by molar-refractivity contribution is -0.212. The number of benzene rings is 1. The van der Waals surface area contributed by atoms with Crippen LogP contribution in [0, 0.1) is 17.5 Å². The van der Waals surface area contributed by atoms with Gasteiger partial charge in [-0.25, -0.2) is 17.9 Å². The van der Waals surface area contributed by atoms with Crippen LogP contribution in [0.3, 0.4) is 0 Å². The fourth-order valence-corrected chi connectivity index (χ4v) is 5.50. The van der Waals surface area contributed by atoms with E-state index in [-0.39, 0.29) is 17.9 Å². The van der Waals surface area contributed by atoms with Crippen LogP contribution in [-0.2, 0) is 33.3 Å². The molecule has 0 radical (unpaired) electrons. The van der Waals surface area contributed by atoms with Crippen LogP contribution in [0.5, 0.6) is 0 Å². The summed E-state index contributed by atoms with van der Waals surface area (Å²) in [6.45, 7) is 3.10. The number of esters is 3. The molecular weight excluding hydrogens is 593 g/mol. The molecule has 0 saturated carbocycles. The highest BCUT2D eigenvalue weighted by atomic mass is 35.5. The predicted molar refractivity (Wildman–Crippen MR) is 136 cm³/mol. The van der Waals surface area contributed by atoms with Gasteiger partial charge in [-0.3, -0.25) is 19.4 Å². The molecule has 0 N–H and O–H groups in total. The third-order valence-corrected chi connectivity index (χ3v) is 7.01. The molecule has 41 heavy (non-hydrogen) atoms. The lowest BCUT2D eigenvalue weighted by atomic mass is 9.96. The van der Waals surface area contributed by atoms with Gasteiger partial charge in [0.25, 0.3) is 0 Å². The quantitative estimate of drug-likeness (QED) is 0.208. The number of halogens is 4. The Kier molecular flexibility index (Phi) is 9.50. The first-order chi connectivity index (χ1) is 19.4. The molecule has 11 nitrogen and oxygen atoms in total. The number of carbonyl (C=O) groups is 3. The highest BCUT2D eigenvalue weighted by molar-refractivity contribution is 7.99. The number of hydrogen-bond acceptors (Lipinski definition) is 11. The van der Waals surface area contributed by atoms with Crippen LogP contribution in [0.1, 0.15) is 26.8 Å². The molecule has 4 rings (SSSR count). The fourth-order valence-electron chi connectivity index (χ4n) is 4.13. The zero-order valence-electron chi connectivity index (χ0n) is 21.6. The molecule has 1 fully saturated rings. The number of hydrogen-bond donors (Lipinski definition) is 0. The topological polar surface area (TPSA) is 132 Å². The number of nitrogens with zero attached hydrogens (tertiary/aromatic N) is 4. The highest BCUT2D eigenvalue weighted by Gasteiger charge is 2.52. The van der Waals surface area contributed by atoms with E-state index in [1.54, 1.807) is 6.07 Å². The van der Waals surface area contributed by atoms with Crippen molar-refractivity contribution in [1.82, 2.24) is 20.0 Å². The molecule has 2 unspecified atom stereocenters. The van der Waals surface area contributed by atoms with Crippen molar-refractivity contribution in [2.45, 2.75) is 55.5 Å². The third-order valence-electron chi connectivity index (χ3n) is 5.70. The van der Waals surface area contributed by atoms with E-state index in [2.05, 4.69) is 15.3 Å². The minimum atomic E-state index is -1.65. The van der Waals surface area contributed by atoms with E-state index in [1.165, 1.54) is 30.2 Å². The second-order valence-corrected chi connectivity index (χ2v) is 10.4. The van der Waals surface area contributed by atoms with Gasteiger partial charge in [0.1, 0.15) is 29.9 Å². The Balaban J connectivity index is 1.82. The Morgan fingerprint density at radius 3 is 2.27 bits per heavy atom. The summed E-state index contributed by atoms with van der Waals surface area (Å²) in [7, 11) is 0. The van der Waals surface area contributed by atoms with Crippen LogP contribution in [0.15, 0.2) is 41.7 Å². The smallest absolute Gasteiger partial charge is 0.303 e. The summed E-state index contributed by atoms with van der Waals surface area (Å²) in [4.78, 5) is 40.6. The van der Waals surface area contributed by atoms with E-state index in [1.807, 2.05) is 0 Å². The molecule has 0 bridgehead atoms. The highest BCUT2D eigenvalue weighted by Crippen LogP contribution is 2.41. The molecule has 1 saturated heterocycles. The number of rotatable bonds is 8. The Bertz CT molecular complexity index is 1440. The maximum atomic E-state index is 13.9. The van der Waals surface area contributed by atoms with Gasteiger partial charge < -0.3 is 18.9 Å². The van der Waals surface area contributed by atoms with Crippen LogP contribution < -0.4 is 0 Å². The normalized spacial score (nSPS) is 22.2. The summed E-state index contributed by atoms with van der Waals surface area (Å²) in [5.41, 5.74) is -1.23. The molecule has 3 aromatic rings. The summed E-state index contributed by atoms with van der Waals surface area (Å²) in [6, 6.07) is 1.90. The molecule has 0 spiro atoms.